The smallest absolute Gasteiger partial charge is 0.251 e. The summed E-state index contributed by atoms with van der Waals surface area (Å²) in [5, 5.41) is 6.00. The SMILES string of the molecule is CCC(C)NC(=O)c1ccc(CNC(=O)CC2CC3CCC2C3)cc1. The van der Waals surface area contributed by atoms with E-state index in [2.05, 4.69) is 10.6 Å². The number of fused-ring (bicyclic) bond motifs is 2. The molecule has 136 valence electrons. The third kappa shape index (κ3) is 4.62. The molecule has 2 amide bonds. The van der Waals surface area contributed by atoms with Crippen molar-refractivity contribution in [2.24, 2.45) is 17.8 Å². The lowest BCUT2D eigenvalue weighted by atomic mass is 9.86. The Morgan fingerprint density at radius 1 is 1.16 bits per heavy atom. The number of amides is 2. The van der Waals surface area contributed by atoms with Gasteiger partial charge in [0.05, 0.1) is 0 Å². The van der Waals surface area contributed by atoms with Gasteiger partial charge in [0.1, 0.15) is 0 Å². The van der Waals surface area contributed by atoms with Gasteiger partial charge in [0.2, 0.25) is 5.91 Å². The van der Waals surface area contributed by atoms with Crippen LogP contribution in [0.4, 0.5) is 0 Å². The Balaban J connectivity index is 1.43. The van der Waals surface area contributed by atoms with E-state index in [0.29, 0.717) is 24.4 Å². The Morgan fingerprint density at radius 2 is 1.92 bits per heavy atom. The Morgan fingerprint density at radius 3 is 2.52 bits per heavy atom. The maximum Gasteiger partial charge on any atom is 0.251 e. The highest BCUT2D eigenvalue weighted by Gasteiger charge is 2.39. The average molecular weight is 342 g/mol. The summed E-state index contributed by atoms with van der Waals surface area (Å²) in [5.74, 6) is 2.40. The quantitative estimate of drug-likeness (QED) is 0.794. The van der Waals surface area contributed by atoms with Gasteiger partial charge in [-0.15, -0.1) is 0 Å². The zero-order chi connectivity index (χ0) is 17.8. The van der Waals surface area contributed by atoms with Crippen LogP contribution in [0.1, 0.15) is 68.3 Å². The van der Waals surface area contributed by atoms with E-state index >= 15 is 0 Å². The van der Waals surface area contributed by atoms with Crippen molar-refractivity contribution in [3.63, 3.8) is 0 Å². The lowest BCUT2D eigenvalue weighted by Gasteiger charge is -2.20. The van der Waals surface area contributed by atoms with Crippen molar-refractivity contribution in [2.75, 3.05) is 0 Å². The number of nitrogens with one attached hydrogen (secondary N) is 2. The van der Waals surface area contributed by atoms with E-state index < -0.39 is 0 Å². The van der Waals surface area contributed by atoms with Gasteiger partial charge in [-0.2, -0.15) is 0 Å². The first-order valence-corrected chi connectivity index (χ1v) is 9.71. The van der Waals surface area contributed by atoms with Gasteiger partial charge in [-0.25, -0.2) is 0 Å². The van der Waals surface area contributed by atoms with Gasteiger partial charge < -0.3 is 10.6 Å². The van der Waals surface area contributed by atoms with E-state index in [1.807, 2.05) is 38.1 Å². The van der Waals surface area contributed by atoms with Crippen LogP contribution < -0.4 is 10.6 Å². The Labute approximate surface area is 150 Å². The fourth-order valence-electron chi connectivity index (χ4n) is 4.32. The van der Waals surface area contributed by atoms with E-state index in [1.54, 1.807) is 0 Å². The lowest BCUT2D eigenvalue weighted by Crippen LogP contribution is -2.31. The van der Waals surface area contributed by atoms with E-state index in [4.69, 9.17) is 0 Å². The topological polar surface area (TPSA) is 58.2 Å². The number of hydrogen-bond acceptors (Lipinski definition) is 2. The van der Waals surface area contributed by atoms with Crippen LogP contribution in [0.5, 0.6) is 0 Å². The second-order valence-electron chi connectivity index (χ2n) is 7.90. The summed E-state index contributed by atoms with van der Waals surface area (Å²) < 4.78 is 0. The van der Waals surface area contributed by atoms with Crippen LogP contribution in [0.15, 0.2) is 24.3 Å². The van der Waals surface area contributed by atoms with Gasteiger partial charge in [-0.3, -0.25) is 9.59 Å². The molecule has 4 heteroatoms. The number of carbonyl (C=O) groups excluding carboxylic acids is 2. The number of benzene rings is 1. The number of carbonyl (C=O) groups is 2. The van der Waals surface area contributed by atoms with E-state index in [9.17, 15) is 9.59 Å². The molecule has 2 bridgehead atoms. The predicted molar refractivity (Wildman–Crippen MR) is 99.1 cm³/mol. The first kappa shape index (κ1) is 18.0. The largest absolute Gasteiger partial charge is 0.352 e. The number of hydrogen-bond donors (Lipinski definition) is 2. The summed E-state index contributed by atoms with van der Waals surface area (Å²) in [4.78, 5) is 24.3. The van der Waals surface area contributed by atoms with Crippen molar-refractivity contribution < 1.29 is 9.59 Å². The van der Waals surface area contributed by atoms with Gasteiger partial charge in [0.25, 0.3) is 5.91 Å². The fourth-order valence-corrected chi connectivity index (χ4v) is 4.32. The fraction of sp³-hybridized carbons (Fsp3) is 0.619. The van der Waals surface area contributed by atoms with Crippen molar-refractivity contribution >= 4 is 11.8 Å². The minimum absolute atomic E-state index is 0.0405. The van der Waals surface area contributed by atoms with Crippen molar-refractivity contribution in [3.05, 3.63) is 35.4 Å². The zero-order valence-corrected chi connectivity index (χ0v) is 15.4. The molecule has 1 aromatic carbocycles. The molecule has 3 rings (SSSR count). The van der Waals surface area contributed by atoms with Gasteiger partial charge in [-0.1, -0.05) is 25.5 Å². The van der Waals surface area contributed by atoms with Crippen LogP contribution >= 0.6 is 0 Å². The minimum Gasteiger partial charge on any atom is -0.352 e. The molecular formula is C21H30N2O2. The monoisotopic (exact) mass is 342 g/mol. The summed E-state index contributed by atoms with van der Waals surface area (Å²) in [6, 6.07) is 7.68. The van der Waals surface area contributed by atoms with Crippen LogP contribution in [0.3, 0.4) is 0 Å². The number of rotatable bonds is 7. The summed E-state index contributed by atoms with van der Waals surface area (Å²) >= 11 is 0. The molecule has 2 saturated carbocycles. The average Bonchev–Trinajstić information content (AvgIpc) is 3.23. The molecule has 0 heterocycles. The highest BCUT2D eigenvalue weighted by atomic mass is 16.2. The van der Waals surface area contributed by atoms with E-state index in [1.165, 1.54) is 25.7 Å². The first-order valence-electron chi connectivity index (χ1n) is 9.71. The van der Waals surface area contributed by atoms with Crippen molar-refractivity contribution in [1.82, 2.24) is 10.6 Å². The molecule has 25 heavy (non-hydrogen) atoms. The maximum atomic E-state index is 12.2. The van der Waals surface area contributed by atoms with Crippen molar-refractivity contribution in [1.29, 1.82) is 0 Å². The van der Waals surface area contributed by atoms with Crippen molar-refractivity contribution in [2.45, 2.75) is 65.0 Å². The van der Waals surface area contributed by atoms with Crippen LogP contribution in [0.25, 0.3) is 0 Å². The highest BCUT2D eigenvalue weighted by Crippen LogP contribution is 2.49. The third-order valence-corrected chi connectivity index (χ3v) is 6.03. The first-order chi connectivity index (χ1) is 12.0. The Kier molecular flexibility index (Phi) is 5.77. The third-order valence-electron chi connectivity index (χ3n) is 6.03. The molecule has 0 aliphatic heterocycles. The van der Waals surface area contributed by atoms with Crippen molar-refractivity contribution in [3.8, 4) is 0 Å². The summed E-state index contributed by atoms with van der Waals surface area (Å²) in [6.07, 6.45) is 6.88. The van der Waals surface area contributed by atoms with Crippen LogP contribution in [-0.2, 0) is 11.3 Å². The summed E-state index contributed by atoms with van der Waals surface area (Å²) in [5.41, 5.74) is 1.69. The van der Waals surface area contributed by atoms with Gasteiger partial charge in [0, 0.05) is 24.6 Å². The molecule has 1 aromatic rings. The van der Waals surface area contributed by atoms with Crippen LogP contribution in [0, 0.1) is 17.8 Å². The minimum atomic E-state index is -0.0405. The Bertz CT molecular complexity index is 611. The molecule has 0 aromatic heterocycles. The molecule has 4 nitrogen and oxygen atoms in total. The van der Waals surface area contributed by atoms with E-state index in [-0.39, 0.29) is 17.9 Å². The van der Waals surface area contributed by atoms with Gasteiger partial charge in [-0.05, 0) is 68.1 Å². The molecule has 0 radical (unpaired) electrons. The molecule has 0 saturated heterocycles. The normalized spacial score (nSPS) is 25.6. The molecule has 4 unspecified atom stereocenters. The highest BCUT2D eigenvalue weighted by molar-refractivity contribution is 5.94. The molecule has 0 spiro atoms. The maximum absolute atomic E-state index is 12.2. The molecule has 2 aliphatic carbocycles. The van der Waals surface area contributed by atoms with Crippen LogP contribution in [-0.4, -0.2) is 17.9 Å². The molecule has 2 N–H and O–H groups in total. The van der Waals surface area contributed by atoms with Gasteiger partial charge >= 0.3 is 0 Å². The molecular weight excluding hydrogens is 312 g/mol. The summed E-state index contributed by atoms with van der Waals surface area (Å²) in [7, 11) is 0. The van der Waals surface area contributed by atoms with Crippen LogP contribution in [0.2, 0.25) is 0 Å². The molecule has 4 atom stereocenters. The standard InChI is InChI=1S/C21H30N2O2/c1-3-14(2)23-21(25)17-7-4-15(5-8-17)13-22-20(24)12-19-11-16-6-9-18(19)10-16/h4-5,7-8,14,16,18-19H,3,6,9-13H2,1-2H3,(H,22,24)(H,23,25). The van der Waals surface area contributed by atoms with E-state index in [0.717, 1.165) is 23.8 Å². The zero-order valence-electron chi connectivity index (χ0n) is 15.4. The second-order valence-corrected chi connectivity index (χ2v) is 7.90. The Hall–Kier alpha value is -1.84. The lowest BCUT2D eigenvalue weighted by molar-refractivity contribution is -0.122. The predicted octanol–water partition coefficient (Wildman–Crippen LogP) is 3.66. The molecule has 2 fully saturated rings. The second kappa shape index (κ2) is 8.03. The van der Waals surface area contributed by atoms with Gasteiger partial charge in [0.15, 0.2) is 0 Å². The molecule has 2 aliphatic rings. The summed E-state index contributed by atoms with van der Waals surface area (Å²) in [6.45, 7) is 4.58.